The molecule has 0 aromatic heterocycles. The van der Waals surface area contributed by atoms with E-state index >= 15 is 0 Å². The van der Waals surface area contributed by atoms with Crippen LogP contribution < -0.4 is 17.2 Å². The summed E-state index contributed by atoms with van der Waals surface area (Å²) in [6, 6.07) is 17.1. The van der Waals surface area contributed by atoms with E-state index in [0.29, 0.717) is 0 Å². The second kappa shape index (κ2) is 10.7. The van der Waals surface area contributed by atoms with Crippen molar-refractivity contribution in [3.05, 3.63) is 84.0 Å². The summed E-state index contributed by atoms with van der Waals surface area (Å²) in [6.45, 7) is 2.03. The van der Waals surface area contributed by atoms with Crippen molar-refractivity contribution in [1.82, 2.24) is 0 Å². The first-order chi connectivity index (χ1) is 11.4. The SMILES string of the molecule is CC1(N)C=CC(c2ccc(N)cc2)=CC1.Cl.Cl.N=C(N)c1ccccc1. The fraction of sp³-hybridized carbons (Fsp3) is 0.150. The van der Waals surface area contributed by atoms with Gasteiger partial charge in [-0.05, 0) is 36.6 Å². The van der Waals surface area contributed by atoms with Gasteiger partial charge in [-0.2, -0.15) is 0 Å². The third-order valence-electron chi connectivity index (χ3n) is 3.73. The van der Waals surface area contributed by atoms with Crippen molar-refractivity contribution in [2.45, 2.75) is 18.9 Å². The average molecular weight is 393 g/mol. The number of hydrogen-bond acceptors (Lipinski definition) is 3. The Morgan fingerprint density at radius 1 is 1.00 bits per heavy atom. The maximum Gasteiger partial charge on any atom is 0.122 e. The molecule has 2 aromatic carbocycles. The normalized spacial score (nSPS) is 17.5. The van der Waals surface area contributed by atoms with Gasteiger partial charge < -0.3 is 17.2 Å². The van der Waals surface area contributed by atoms with E-state index in [9.17, 15) is 0 Å². The van der Waals surface area contributed by atoms with Gasteiger partial charge in [0.25, 0.3) is 0 Å². The Hall–Kier alpha value is -2.27. The molecule has 0 spiro atoms. The molecule has 1 aliphatic rings. The number of hydrogen-bond donors (Lipinski definition) is 4. The molecule has 2 aromatic rings. The molecular weight excluding hydrogens is 367 g/mol. The number of halogens is 2. The molecule has 1 aliphatic carbocycles. The molecule has 140 valence electrons. The number of anilines is 1. The van der Waals surface area contributed by atoms with Crippen LogP contribution >= 0.6 is 24.8 Å². The van der Waals surface area contributed by atoms with Crippen LogP contribution in [0.15, 0.2) is 72.8 Å². The summed E-state index contributed by atoms with van der Waals surface area (Å²) in [5, 5.41) is 7.01. The molecule has 6 heteroatoms. The lowest BCUT2D eigenvalue weighted by molar-refractivity contribution is 0.591. The van der Waals surface area contributed by atoms with Gasteiger partial charge in [-0.3, -0.25) is 5.41 Å². The van der Waals surface area contributed by atoms with Crippen molar-refractivity contribution in [1.29, 1.82) is 5.41 Å². The molecule has 0 fully saturated rings. The highest BCUT2D eigenvalue weighted by Crippen LogP contribution is 2.25. The van der Waals surface area contributed by atoms with E-state index in [1.165, 1.54) is 11.1 Å². The van der Waals surface area contributed by atoms with Crippen LogP contribution in [0.3, 0.4) is 0 Å². The van der Waals surface area contributed by atoms with Crippen molar-refractivity contribution in [2.75, 3.05) is 5.73 Å². The van der Waals surface area contributed by atoms with Crippen LogP contribution in [0, 0.1) is 5.41 Å². The third kappa shape index (κ3) is 7.31. The Kier molecular flexibility index (Phi) is 9.73. The Morgan fingerprint density at radius 2 is 1.58 bits per heavy atom. The number of benzene rings is 2. The molecule has 0 aliphatic heterocycles. The van der Waals surface area contributed by atoms with E-state index < -0.39 is 0 Å². The minimum atomic E-state index is -0.197. The van der Waals surface area contributed by atoms with Gasteiger partial charge in [-0.15, -0.1) is 24.8 Å². The largest absolute Gasteiger partial charge is 0.399 e. The highest BCUT2D eigenvalue weighted by Gasteiger charge is 2.16. The van der Waals surface area contributed by atoms with Gasteiger partial charge >= 0.3 is 0 Å². The van der Waals surface area contributed by atoms with E-state index in [-0.39, 0.29) is 36.2 Å². The second-order valence-corrected chi connectivity index (χ2v) is 6.10. The Morgan fingerprint density at radius 3 is 2.00 bits per heavy atom. The van der Waals surface area contributed by atoms with Gasteiger partial charge in [-0.25, -0.2) is 0 Å². The summed E-state index contributed by atoms with van der Waals surface area (Å²) >= 11 is 0. The molecule has 0 heterocycles. The van der Waals surface area contributed by atoms with E-state index in [0.717, 1.165) is 17.7 Å². The molecule has 26 heavy (non-hydrogen) atoms. The van der Waals surface area contributed by atoms with Crippen LogP contribution in [-0.2, 0) is 0 Å². The van der Waals surface area contributed by atoms with Gasteiger partial charge in [-0.1, -0.05) is 60.7 Å². The van der Waals surface area contributed by atoms with Gasteiger partial charge in [0.05, 0.1) is 0 Å². The summed E-state index contributed by atoms with van der Waals surface area (Å²) < 4.78 is 0. The van der Waals surface area contributed by atoms with E-state index in [4.69, 9.17) is 22.6 Å². The van der Waals surface area contributed by atoms with Gasteiger partial charge in [0.15, 0.2) is 0 Å². The number of nitrogen functional groups attached to an aromatic ring is 2. The van der Waals surface area contributed by atoms with Crippen molar-refractivity contribution >= 4 is 41.9 Å². The summed E-state index contributed by atoms with van der Waals surface area (Å²) in [4.78, 5) is 0. The van der Waals surface area contributed by atoms with Crippen molar-refractivity contribution < 1.29 is 0 Å². The lowest BCUT2D eigenvalue weighted by Crippen LogP contribution is -2.33. The Bertz CT molecular complexity index is 751. The van der Waals surface area contributed by atoms with Crippen LogP contribution in [0.4, 0.5) is 5.69 Å². The van der Waals surface area contributed by atoms with E-state index in [1.807, 2.05) is 61.5 Å². The van der Waals surface area contributed by atoms with Crippen LogP contribution in [0.1, 0.15) is 24.5 Å². The summed E-state index contributed by atoms with van der Waals surface area (Å²) in [5.74, 6) is 0.121. The Balaban J connectivity index is 0.000000496. The van der Waals surface area contributed by atoms with Crippen LogP contribution in [0.5, 0.6) is 0 Å². The molecule has 0 bridgehead atoms. The van der Waals surface area contributed by atoms with Crippen LogP contribution in [0.25, 0.3) is 5.57 Å². The zero-order valence-electron chi connectivity index (χ0n) is 14.7. The van der Waals surface area contributed by atoms with Gasteiger partial charge in [0.1, 0.15) is 5.84 Å². The van der Waals surface area contributed by atoms with Crippen LogP contribution in [-0.4, -0.2) is 11.4 Å². The molecule has 0 saturated carbocycles. The van der Waals surface area contributed by atoms with Gasteiger partial charge in [0, 0.05) is 16.8 Å². The molecule has 4 nitrogen and oxygen atoms in total. The second-order valence-electron chi connectivity index (χ2n) is 6.10. The Labute approximate surface area is 167 Å². The standard InChI is InChI=1S/C13H16N2.C7H8N2.2ClH/c1-13(15)8-6-11(7-9-13)10-2-4-12(14)5-3-10;8-7(9)6-4-2-1-3-5-6;;/h2-8H,9,14-15H2,1H3;1-5H,(H3,8,9);2*1H. The zero-order valence-corrected chi connectivity index (χ0v) is 16.3. The average Bonchev–Trinajstić information content (AvgIpc) is 2.57. The highest BCUT2D eigenvalue weighted by molar-refractivity contribution is 5.94. The topological polar surface area (TPSA) is 102 Å². The fourth-order valence-electron chi connectivity index (χ4n) is 2.25. The minimum absolute atomic E-state index is 0. The van der Waals surface area contributed by atoms with E-state index in [1.54, 1.807) is 0 Å². The number of amidine groups is 1. The van der Waals surface area contributed by atoms with E-state index in [2.05, 4.69) is 18.2 Å². The molecule has 0 saturated heterocycles. The first-order valence-electron chi connectivity index (χ1n) is 7.81. The lowest BCUT2D eigenvalue weighted by atomic mass is 9.89. The van der Waals surface area contributed by atoms with Crippen LogP contribution in [0.2, 0.25) is 0 Å². The molecule has 1 unspecified atom stereocenters. The summed E-state index contributed by atoms with van der Waals surface area (Å²) in [6.07, 6.45) is 7.18. The monoisotopic (exact) mass is 392 g/mol. The fourth-order valence-corrected chi connectivity index (χ4v) is 2.25. The number of nitrogens with two attached hydrogens (primary N) is 3. The molecule has 0 radical (unpaired) electrons. The number of nitrogens with one attached hydrogen (secondary N) is 1. The molecule has 0 amide bonds. The smallest absolute Gasteiger partial charge is 0.122 e. The minimum Gasteiger partial charge on any atom is -0.399 e. The number of allylic oxidation sites excluding steroid dienone is 2. The highest BCUT2D eigenvalue weighted by atomic mass is 35.5. The maximum atomic E-state index is 7.01. The number of rotatable bonds is 2. The zero-order chi connectivity index (χ0) is 17.6. The van der Waals surface area contributed by atoms with Gasteiger partial charge in [0.2, 0.25) is 0 Å². The molecule has 3 rings (SSSR count). The predicted molar refractivity (Wildman–Crippen MR) is 117 cm³/mol. The molecule has 1 atom stereocenters. The summed E-state index contributed by atoms with van der Waals surface area (Å²) in [7, 11) is 0. The van der Waals surface area contributed by atoms with Crippen molar-refractivity contribution in [3.8, 4) is 0 Å². The van der Waals surface area contributed by atoms with Crippen molar-refractivity contribution in [3.63, 3.8) is 0 Å². The summed E-state index contributed by atoms with van der Waals surface area (Å²) in [5.41, 5.74) is 20.6. The predicted octanol–water partition coefficient (Wildman–Crippen LogP) is 4.14. The lowest BCUT2D eigenvalue weighted by Gasteiger charge is -2.22. The third-order valence-corrected chi connectivity index (χ3v) is 3.73. The first-order valence-corrected chi connectivity index (χ1v) is 7.81. The maximum absolute atomic E-state index is 7.01. The molecule has 7 N–H and O–H groups in total. The first kappa shape index (κ1) is 23.7. The quantitative estimate of drug-likeness (QED) is 0.350. The van der Waals surface area contributed by atoms with Crippen molar-refractivity contribution in [2.24, 2.45) is 11.5 Å². The molecular formula is C20H26Cl2N4.